The van der Waals surface area contributed by atoms with Gasteiger partial charge in [-0.3, -0.25) is 0 Å². The molecule has 1 aliphatic carbocycles. The molecule has 0 radical (unpaired) electrons. The average Bonchev–Trinajstić information content (AvgIpc) is 2.68. The fourth-order valence-corrected chi connectivity index (χ4v) is 3.60. The van der Waals surface area contributed by atoms with Gasteiger partial charge in [0.2, 0.25) is 5.95 Å². The van der Waals surface area contributed by atoms with Crippen molar-refractivity contribution in [3.05, 3.63) is 11.8 Å². The van der Waals surface area contributed by atoms with Crippen molar-refractivity contribution in [2.45, 2.75) is 83.4 Å². The van der Waals surface area contributed by atoms with E-state index in [9.17, 15) is 5.26 Å². The third-order valence-electron chi connectivity index (χ3n) is 5.01. The van der Waals surface area contributed by atoms with Gasteiger partial charge in [0, 0.05) is 25.3 Å². The van der Waals surface area contributed by atoms with Gasteiger partial charge in [-0.15, -0.1) is 0 Å². The predicted molar refractivity (Wildman–Crippen MR) is 107 cm³/mol. The van der Waals surface area contributed by atoms with Crippen LogP contribution in [0.5, 0.6) is 0 Å². The largest absolute Gasteiger partial charge is 0.396 e. The van der Waals surface area contributed by atoms with Crippen LogP contribution in [0.25, 0.3) is 0 Å². The monoisotopic (exact) mass is 375 g/mol. The van der Waals surface area contributed by atoms with Crippen molar-refractivity contribution in [3.8, 4) is 6.07 Å². The summed E-state index contributed by atoms with van der Waals surface area (Å²) in [6, 6.07) is 2.70. The van der Waals surface area contributed by atoms with Crippen molar-refractivity contribution in [3.63, 3.8) is 0 Å². The Labute approximate surface area is 162 Å². The van der Waals surface area contributed by atoms with Crippen LogP contribution >= 0.6 is 0 Å². The molecule has 0 aromatic carbocycles. The molecule has 1 aromatic heterocycles. The summed E-state index contributed by atoms with van der Waals surface area (Å²) in [5.41, 5.74) is 0.450. The van der Waals surface area contributed by atoms with Crippen LogP contribution in [0.15, 0.2) is 6.20 Å². The molecule has 0 aliphatic heterocycles. The van der Waals surface area contributed by atoms with Crippen LogP contribution in [0.1, 0.15) is 70.8 Å². The molecular weight excluding hydrogens is 342 g/mol. The molecule has 3 N–H and O–H groups in total. The maximum Gasteiger partial charge on any atom is 0.224 e. The van der Waals surface area contributed by atoms with Gasteiger partial charge in [0.15, 0.2) is 0 Å². The van der Waals surface area contributed by atoms with E-state index in [-0.39, 0.29) is 12.6 Å². The minimum absolute atomic E-state index is 0.175. The Kier molecular flexibility index (Phi) is 9.29. The summed E-state index contributed by atoms with van der Waals surface area (Å²) < 4.78 is 5.71. The normalized spacial score (nSPS) is 20.7. The van der Waals surface area contributed by atoms with E-state index in [4.69, 9.17) is 9.84 Å². The second kappa shape index (κ2) is 11.7. The summed E-state index contributed by atoms with van der Waals surface area (Å²) in [7, 11) is 0. The average molecular weight is 376 g/mol. The molecule has 27 heavy (non-hydrogen) atoms. The highest BCUT2D eigenvalue weighted by Gasteiger charge is 2.22. The Morgan fingerprint density at radius 1 is 1.30 bits per heavy atom. The van der Waals surface area contributed by atoms with Gasteiger partial charge < -0.3 is 20.5 Å². The Morgan fingerprint density at radius 2 is 2.07 bits per heavy atom. The topological polar surface area (TPSA) is 103 Å². The zero-order valence-corrected chi connectivity index (χ0v) is 16.6. The summed E-state index contributed by atoms with van der Waals surface area (Å²) in [6.07, 6.45) is 9.70. The molecule has 0 saturated heterocycles. The minimum atomic E-state index is 0.175. The van der Waals surface area contributed by atoms with E-state index >= 15 is 0 Å². The number of nitrogens with one attached hydrogen (secondary N) is 2. The fourth-order valence-electron chi connectivity index (χ4n) is 3.60. The molecule has 1 atom stereocenters. The Bertz CT molecular complexity index is 597. The van der Waals surface area contributed by atoms with Crippen LogP contribution in [0.2, 0.25) is 0 Å². The lowest BCUT2D eigenvalue weighted by Gasteiger charge is -2.29. The third kappa shape index (κ3) is 6.96. The number of rotatable bonds is 11. The molecule has 7 heteroatoms. The quantitative estimate of drug-likeness (QED) is 0.544. The van der Waals surface area contributed by atoms with Gasteiger partial charge in [-0.25, -0.2) is 4.98 Å². The summed E-state index contributed by atoms with van der Waals surface area (Å²) in [4.78, 5) is 8.89. The van der Waals surface area contributed by atoms with Crippen molar-refractivity contribution in [2.24, 2.45) is 0 Å². The lowest BCUT2D eigenvalue weighted by Crippen LogP contribution is -2.30. The molecule has 0 spiro atoms. The van der Waals surface area contributed by atoms with Gasteiger partial charge >= 0.3 is 0 Å². The van der Waals surface area contributed by atoms with Crippen LogP contribution in [-0.4, -0.2) is 46.5 Å². The molecular formula is C20H33N5O2. The second-order valence-electron chi connectivity index (χ2n) is 7.14. The van der Waals surface area contributed by atoms with E-state index in [0.717, 1.165) is 58.0 Å². The molecule has 7 nitrogen and oxygen atoms in total. The number of ether oxygens (including phenoxy) is 1. The molecule has 1 fully saturated rings. The number of nitrogens with zero attached hydrogens (tertiary/aromatic N) is 3. The number of anilines is 2. The lowest BCUT2D eigenvalue weighted by molar-refractivity contribution is 0.0346. The van der Waals surface area contributed by atoms with Crippen molar-refractivity contribution in [2.75, 3.05) is 23.8 Å². The molecule has 1 saturated carbocycles. The number of aliphatic hydroxyl groups excluding tert-OH is 1. The molecule has 1 aromatic rings. The van der Waals surface area contributed by atoms with Crippen molar-refractivity contribution in [1.82, 2.24) is 9.97 Å². The maximum atomic E-state index is 9.38. The highest BCUT2D eigenvalue weighted by molar-refractivity contribution is 5.54. The molecule has 1 heterocycles. The van der Waals surface area contributed by atoms with Gasteiger partial charge in [0.25, 0.3) is 0 Å². The maximum absolute atomic E-state index is 9.38. The fraction of sp³-hybridized carbons (Fsp3) is 0.750. The Balaban J connectivity index is 2.00. The molecule has 0 unspecified atom stereocenters. The van der Waals surface area contributed by atoms with Crippen LogP contribution in [0, 0.1) is 11.3 Å². The van der Waals surface area contributed by atoms with E-state index in [1.807, 2.05) is 6.92 Å². The summed E-state index contributed by atoms with van der Waals surface area (Å²) in [6.45, 7) is 5.11. The summed E-state index contributed by atoms with van der Waals surface area (Å²) in [5, 5.41) is 25.3. The van der Waals surface area contributed by atoms with E-state index in [1.165, 1.54) is 0 Å². The lowest BCUT2D eigenvalue weighted by atomic mass is 9.93. The number of hydrogen-bond donors (Lipinski definition) is 3. The Morgan fingerprint density at radius 3 is 2.70 bits per heavy atom. The van der Waals surface area contributed by atoms with E-state index in [0.29, 0.717) is 29.5 Å². The summed E-state index contributed by atoms with van der Waals surface area (Å²) in [5.74, 6) is 1.14. The van der Waals surface area contributed by atoms with E-state index in [2.05, 4.69) is 33.6 Å². The van der Waals surface area contributed by atoms with Gasteiger partial charge in [0.05, 0.1) is 12.3 Å². The van der Waals surface area contributed by atoms with Gasteiger partial charge in [-0.2, -0.15) is 10.2 Å². The summed E-state index contributed by atoms with van der Waals surface area (Å²) >= 11 is 0. The van der Waals surface area contributed by atoms with Gasteiger partial charge in [0.1, 0.15) is 17.5 Å². The zero-order chi connectivity index (χ0) is 19.5. The van der Waals surface area contributed by atoms with E-state index < -0.39 is 0 Å². The van der Waals surface area contributed by atoms with Crippen LogP contribution in [0.3, 0.4) is 0 Å². The third-order valence-corrected chi connectivity index (χ3v) is 5.01. The zero-order valence-electron chi connectivity index (χ0n) is 16.6. The SMILES string of the molecule is CCC[C@@H](CCCO)Nc1nc(N[C@H]2CC[C@H](OCC)CC2)ncc1C#N. The van der Waals surface area contributed by atoms with Crippen LogP contribution < -0.4 is 10.6 Å². The first-order valence-corrected chi connectivity index (χ1v) is 10.2. The van der Waals surface area contributed by atoms with Crippen LogP contribution in [-0.2, 0) is 4.74 Å². The Hall–Kier alpha value is -1.91. The second-order valence-corrected chi connectivity index (χ2v) is 7.14. The van der Waals surface area contributed by atoms with Gasteiger partial charge in [-0.1, -0.05) is 13.3 Å². The first-order valence-electron chi connectivity index (χ1n) is 10.2. The van der Waals surface area contributed by atoms with E-state index in [1.54, 1.807) is 6.20 Å². The molecule has 1 aliphatic rings. The smallest absolute Gasteiger partial charge is 0.224 e. The van der Waals surface area contributed by atoms with Gasteiger partial charge in [-0.05, 0) is 51.9 Å². The highest BCUT2D eigenvalue weighted by Crippen LogP contribution is 2.24. The van der Waals surface area contributed by atoms with Crippen molar-refractivity contribution in [1.29, 1.82) is 5.26 Å². The standard InChI is InChI=1S/C20H33N5O2/c1-3-6-16(7-5-12-26)23-19-15(13-21)14-22-20(25-19)24-17-8-10-18(11-9-17)27-4-2/h14,16-18,26H,3-12H2,1-2H3,(H2,22,23,24,25)/t16-,17-,18-/m0/s1. The van der Waals surface area contributed by atoms with Crippen LogP contribution in [0.4, 0.5) is 11.8 Å². The number of hydrogen-bond acceptors (Lipinski definition) is 7. The molecule has 0 amide bonds. The molecule has 2 rings (SSSR count). The van der Waals surface area contributed by atoms with Crippen molar-refractivity contribution < 1.29 is 9.84 Å². The number of aliphatic hydroxyl groups is 1. The highest BCUT2D eigenvalue weighted by atomic mass is 16.5. The minimum Gasteiger partial charge on any atom is -0.396 e. The molecule has 150 valence electrons. The van der Waals surface area contributed by atoms with Crippen molar-refractivity contribution >= 4 is 11.8 Å². The number of aromatic nitrogens is 2. The first kappa shape index (κ1) is 21.4. The molecule has 0 bridgehead atoms. The predicted octanol–water partition coefficient (Wildman–Crippen LogP) is 3.46. The number of nitriles is 1. The first-order chi connectivity index (χ1) is 13.2.